The summed E-state index contributed by atoms with van der Waals surface area (Å²) in [6, 6.07) is 15.8. The fraction of sp³-hybridized carbons (Fsp3) is 0.316. The van der Waals surface area contributed by atoms with E-state index >= 15 is 0 Å². The van der Waals surface area contributed by atoms with Gasteiger partial charge in [0.25, 0.3) is 5.91 Å². The van der Waals surface area contributed by atoms with Gasteiger partial charge in [-0.3, -0.25) is 4.79 Å². The summed E-state index contributed by atoms with van der Waals surface area (Å²) in [4.78, 5) is 14.2. The Balaban J connectivity index is 1.83. The van der Waals surface area contributed by atoms with Gasteiger partial charge in [0, 0.05) is 10.7 Å². The monoisotopic (exact) mass is 343 g/mol. The zero-order chi connectivity index (χ0) is 16.5. The number of nitrogens with one attached hydrogen (secondary N) is 2. The summed E-state index contributed by atoms with van der Waals surface area (Å²) in [5.74, 6) is 0.0809. The molecular formula is C19H20ClN2O2+. The van der Waals surface area contributed by atoms with E-state index in [-0.39, 0.29) is 17.9 Å². The number of morpholine rings is 1. The average molecular weight is 344 g/mol. The van der Waals surface area contributed by atoms with Crippen molar-refractivity contribution in [1.29, 1.82) is 0 Å². The van der Waals surface area contributed by atoms with E-state index in [0.29, 0.717) is 18.2 Å². The van der Waals surface area contributed by atoms with Crippen molar-refractivity contribution in [1.82, 2.24) is 0 Å². The van der Waals surface area contributed by atoms with Crippen molar-refractivity contribution in [2.75, 3.05) is 31.6 Å². The molecule has 0 spiro atoms. The first-order valence-electron chi connectivity index (χ1n) is 8.31. The van der Waals surface area contributed by atoms with E-state index in [0.717, 1.165) is 29.9 Å². The minimum atomic E-state index is -0.165. The van der Waals surface area contributed by atoms with E-state index in [9.17, 15) is 4.79 Å². The van der Waals surface area contributed by atoms with Crippen LogP contribution in [0.15, 0.2) is 48.5 Å². The molecule has 124 valence electrons. The number of hydrogen-bond acceptors (Lipinski definition) is 2. The molecule has 2 atom stereocenters. The molecule has 4 nitrogen and oxygen atoms in total. The third kappa shape index (κ3) is 2.81. The van der Waals surface area contributed by atoms with Crippen molar-refractivity contribution in [3.05, 3.63) is 64.7 Å². The van der Waals surface area contributed by atoms with Crippen molar-refractivity contribution >= 4 is 23.2 Å². The van der Waals surface area contributed by atoms with E-state index in [1.807, 2.05) is 36.4 Å². The number of halogens is 1. The van der Waals surface area contributed by atoms with Gasteiger partial charge in [-0.15, -0.1) is 0 Å². The summed E-state index contributed by atoms with van der Waals surface area (Å²) in [6.45, 7) is 3.08. The molecule has 0 bridgehead atoms. The van der Waals surface area contributed by atoms with Crippen LogP contribution in [0, 0.1) is 0 Å². The third-order valence-corrected chi connectivity index (χ3v) is 5.19. The van der Waals surface area contributed by atoms with E-state index in [4.69, 9.17) is 16.3 Å². The maximum atomic E-state index is 12.9. The lowest BCUT2D eigenvalue weighted by atomic mass is 9.80. The first-order chi connectivity index (χ1) is 11.7. The van der Waals surface area contributed by atoms with Crippen molar-refractivity contribution < 1.29 is 14.4 Å². The Labute approximate surface area is 146 Å². The molecule has 4 rings (SSSR count). The van der Waals surface area contributed by atoms with E-state index < -0.39 is 0 Å². The van der Waals surface area contributed by atoms with Gasteiger partial charge in [-0.05, 0) is 29.3 Å². The van der Waals surface area contributed by atoms with Crippen molar-refractivity contribution in [3.63, 3.8) is 0 Å². The maximum absolute atomic E-state index is 12.9. The van der Waals surface area contributed by atoms with Crippen LogP contribution in [-0.2, 0) is 9.53 Å². The molecule has 2 aromatic carbocycles. The molecule has 24 heavy (non-hydrogen) atoms. The average Bonchev–Trinajstić information content (AvgIpc) is 2.62. The second kappa shape index (κ2) is 6.55. The topological polar surface area (TPSA) is 42.8 Å². The third-order valence-electron chi connectivity index (χ3n) is 4.96. The lowest BCUT2D eigenvalue weighted by molar-refractivity contribution is -0.924. The first-order valence-corrected chi connectivity index (χ1v) is 8.69. The highest BCUT2D eigenvalue weighted by atomic mass is 35.5. The van der Waals surface area contributed by atoms with Crippen molar-refractivity contribution in [2.24, 2.45) is 0 Å². The van der Waals surface area contributed by atoms with E-state index in [2.05, 4.69) is 17.4 Å². The normalized spacial score (nSPS) is 24.3. The molecule has 0 aromatic heterocycles. The first kappa shape index (κ1) is 15.6. The van der Waals surface area contributed by atoms with Gasteiger partial charge >= 0.3 is 0 Å². The Morgan fingerprint density at radius 2 is 1.83 bits per heavy atom. The number of carbonyl (C=O) groups excluding carboxylic acids is 1. The number of amides is 1. The molecular weight excluding hydrogens is 324 g/mol. The van der Waals surface area contributed by atoms with E-state index in [1.165, 1.54) is 4.90 Å². The number of quaternary nitrogens is 1. The summed E-state index contributed by atoms with van der Waals surface area (Å²) >= 11 is 6.26. The predicted octanol–water partition coefficient (Wildman–Crippen LogP) is 1.71. The number of ether oxygens (including phenoxy) is 1. The zero-order valence-corrected chi connectivity index (χ0v) is 14.1. The minimum Gasteiger partial charge on any atom is -0.370 e. The highest BCUT2D eigenvalue weighted by Gasteiger charge is 2.44. The van der Waals surface area contributed by atoms with Crippen LogP contribution in [0.2, 0.25) is 5.02 Å². The van der Waals surface area contributed by atoms with Gasteiger partial charge in [0.05, 0.1) is 19.1 Å². The van der Waals surface area contributed by atoms with Crippen LogP contribution in [0.5, 0.6) is 0 Å². The lowest BCUT2D eigenvalue weighted by Crippen LogP contribution is -3.19. The van der Waals surface area contributed by atoms with Crippen LogP contribution in [0.1, 0.15) is 17.0 Å². The van der Waals surface area contributed by atoms with Crippen molar-refractivity contribution in [2.45, 2.75) is 12.0 Å². The van der Waals surface area contributed by atoms with Crippen LogP contribution >= 0.6 is 11.6 Å². The molecule has 0 saturated carbocycles. The molecule has 2 aliphatic rings. The number of fused-ring (bicyclic) bond motifs is 1. The van der Waals surface area contributed by atoms with Gasteiger partial charge in [-0.1, -0.05) is 41.9 Å². The standard InChI is InChI=1S/C19H19ClN2O2/c20-14-6-7-16-15(12-14)17(13-4-2-1-3-5-13)18(19(23)21-16)22-8-10-24-11-9-22/h1-7,12,17-18H,8-11H2,(H,21,23)/p+1/t17-,18-/m1/s1. The Kier molecular flexibility index (Phi) is 4.27. The highest BCUT2D eigenvalue weighted by Crippen LogP contribution is 2.37. The van der Waals surface area contributed by atoms with Gasteiger partial charge in [0.1, 0.15) is 13.1 Å². The Hall–Kier alpha value is -1.88. The minimum absolute atomic E-state index is 0.00162. The molecule has 0 radical (unpaired) electrons. The molecule has 2 aromatic rings. The van der Waals surface area contributed by atoms with E-state index in [1.54, 1.807) is 0 Å². The summed E-state index contributed by atoms with van der Waals surface area (Å²) in [6.07, 6.45) is 0. The van der Waals surface area contributed by atoms with Gasteiger partial charge in [0.2, 0.25) is 0 Å². The molecule has 1 fully saturated rings. The predicted molar refractivity (Wildman–Crippen MR) is 93.7 cm³/mol. The van der Waals surface area contributed by atoms with Gasteiger partial charge < -0.3 is 15.0 Å². The molecule has 0 unspecified atom stereocenters. The maximum Gasteiger partial charge on any atom is 0.283 e. The molecule has 1 saturated heterocycles. The summed E-state index contributed by atoms with van der Waals surface area (Å²) in [5, 5.41) is 3.77. The number of benzene rings is 2. The van der Waals surface area contributed by atoms with Crippen LogP contribution in [0.25, 0.3) is 0 Å². The van der Waals surface area contributed by atoms with Crippen molar-refractivity contribution in [3.8, 4) is 0 Å². The van der Waals surface area contributed by atoms with Gasteiger partial charge in [0.15, 0.2) is 6.04 Å². The van der Waals surface area contributed by atoms with Crippen LogP contribution < -0.4 is 10.2 Å². The molecule has 2 heterocycles. The largest absolute Gasteiger partial charge is 0.370 e. The number of anilines is 1. The molecule has 0 aliphatic carbocycles. The fourth-order valence-electron chi connectivity index (χ4n) is 3.84. The van der Waals surface area contributed by atoms with Gasteiger partial charge in [-0.2, -0.15) is 0 Å². The van der Waals surface area contributed by atoms with Gasteiger partial charge in [-0.25, -0.2) is 0 Å². The second-order valence-corrected chi connectivity index (χ2v) is 6.79. The summed E-state index contributed by atoms with van der Waals surface area (Å²) in [5.41, 5.74) is 3.11. The molecule has 5 heteroatoms. The highest BCUT2D eigenvalue weighted by molar-refractivity contribution is 6.30. The number of carbonyl (C=O) groups is 1. The summed E-state index contributed by atoms with van der Waals surface area (Å²) in [7, 11) is 0. The molecule has 2 aliphatic heterocycles. The smallest absolute Gasteiger partial charge is 0.283 e. The SMILES string of the molecule is O=C1Nc2ccc(Cl)cc2[C@@H](c2ccccc2)[C@H]1[NH+]1CCOCC1. The molecule has 1 amide bonds. The number of rotatable bonds is 2. The van der Waals surface area contributed by atoms with Crippen LogP contribution in [-0.4, -0.2) is 38.3 Å². The fourth-order valence-corrected chi connectivity index (χ4v) is 4.02. The summed E-state index contributed by atoms with van der Waals surface area (Å²) < 4.78 is 5.48. The Morgan fingerprint density at radius 3 is 2.58 bits per heavy atom. The van der Waals surface area contributed by atoms with Crippen LogP contribution in [0.3, 0.4) is 0 Å². The Bertz CT molecular complexity index is 744. The Morgan fingerprint density at radius 1 is 1.08 bits per heavy atom. The molecule has 2 N–H and O–H groups in total. The quantitative estimate of drug-likeness (QED) is 0.871. The zero-order valence-electron chi connectivity index (χ0n) is 13.3. The number of hydrogen-bond donors (Lipinski definition) is 2. The lowest BCUT2D eigenvalue weighted by Gasteiger charge is -2.39. The van der Waals surface area contributed by atoms with Crippen LogP contribution in [0.4, 0.5) is 5.69 Å². The second-order valence-electron chi connectivity index (χ2n) is 6.36.